The van der Waals surface area contributed by atoms with Crippen molar-refractivity contribution in [3.05, 3.63) is 64.4 Å². The molecule has 0 bridgehead atoms. The van der Waals surface area contributed by atoms with Crippen molar-refractivity contribution in [1.29, 1.82) is 0 Å². The average molecular weight is 477 g/mol. The Morgan fingerprint density at radius 1 is 1.32 bits per heavy atom. The van der Waals surface area contributed by atoms with Crippen molar-refractivity contribution in [3.8, 4) is 0 Å². The van der Waals surface area contributed by atoms with E-state index < -0.39 is 6.04 Å². The van der Waals surface area contributed by atoms with Crippen LogP contribution in [-0.2, 0) is 11.3 Å². The van der Waals surface area contributed by atoms with E-state index in [9.17, 15) is 9.59 Å². The number of anilines is 1. The number of aryl methyl sites for hydroxylation is 1. The predicted octanol–water partition coefficient (Wildman–Crippen LogP) is 4.10. The number of amides is 2. The third-order valence-corrected chi connectivity index (χ3v) is 6.19. The molecule has 0 saturated carbocycles. The molecule has 2 heterocycles. The molecule has 0 fully saturated rings. The van der Waals surface area contributed by atoms with Gasteiger partial charge in [-0.15, -0.1) is 28.1 Å². The molecule has 0 spiro atoms. The Hall–Kier alpha value is -2.69. The SMILES string of the molecule is C=CCn1c(SCC(=O)Nc2nc(C)cs2)nnc1[C@@H](C)NC(=O)c1ccc(Cl)cc1. The van der Waals surface area contributed by atoms with Gasteiger partial charge in [-0.2, -0.15) is 0 Å². The standard InChI is InChI=1S/C20H21ClN6O2S2/c1-4-9-27-17(13(3)23-18(29)14-5-7-15(21)8-6-14)25-26-20(27)31-11-16(28)24-19-22-12(2)10-30-19/h4-8,10,13H,1,9,11H2,2-3H3,(H,23,29)(H,22,24,28)/t13-/m1/s1. The average Bonchev–Trinajstić information content (AvgIpc) is 3.33. The van der Waals surface area contributed by atoms with Gasteiger partial charge in [0, 0.05) is 22.5 Å². The number of carbonyl (C=O) groups is 2. The van der Waals surface area contributed by atoms with Crippen LogP contribution in [0.25, 0.3) is 0 Å². The molecule has 3 rings (SSSR count). The number of thioether (sulfide) groups is 1. The largest absolute Gasteiger partial charge is 0.342 e. The number of halogens is 1. The zero-order valence-corrected chi connectivity index (χ0v) is 19.4. The predicted molar refractivity (Wildman–Crippen MR) is 124 cm³/mol. The van der Waals surface area contributed by atoms with Crippen LogP contribution in [0.1, 0.15) is 34.8 Å². The summed E-state index contributed by atoms with van der Waals surface area (Å²) in [6, 6.07) is 6.23. The lowest BCUT2D eigenvalue weighted by atomic mass is 10.2. The molecule has 0 aliphatic heterocycles. The van der Waals surface area contributed by atoms with Crippen molar-refractivity contribution in [2.45, 2.75) is 31.6 Å². The maximum atomic E-state index is 12.5. The Labute approximate surface area is 193 Å². The first-order valence-electron chi connectivity index (χ1n) is 9.32. The van der Waals surface area contributed by atoms with E-state index in [0.717, 1.165) is 5.69 Å². The van der Waals surface area contributed by atoms with Crippen molar-refractivity contribution in [2.75, 3.05) is 11.1 Å². The molecule has 3 aromatic rings. The van der Waals surface area contributed by atoms with Gasteiger partial charge in [0.05, 0.1) is 17.5 Å². The van der Waals surface area contributed by atoms with Crippen molar-refractivity contribution in [3.63, 3.8) is 0 Å². The first kappa shape index (κ1) is 23.0. The summed E-state index contributed by atoms with van der Waals surface area (Å²) in [6.45, 7) is 7.91. The molecule has 1 aromatic carbocycles. The van der Waals surface area contributed by atoms with Gasteiger partial charge in [-0.1, -0.05) is 29.4 Å². The van der Waals surface area contributed by atoms with Gasteiger partial charge in [0.15, 0.2) is 16.1 Å². The molecule has 11 heteroatoms. The topological polar surface area (TPSA) is 102 Å². The van der Waals surface area contributed by atoms with E-state index in [0.29, 0.717) is 33.2 Å². The smallest absolute Gasteiger partial charge is 0.251 e. The number of nitrogens with one attached hydrogen (secondary N) is 2. The summed E-state index contributed by atoms with van der Waals surface area (Å²) in [7, 11) is 0. The quantitative estimate of drug-likeness (QED) is 0.356. The summed E-state index contributed by atoms with van der Waals surface area (Å²) in [5.74, 6) is 0.294. The summed E-state index contributed by atoms with van der Waals surface area (Å²) in [4.78, 5) is 29.0. The van der Waals surface area contributed by atoms with Crippen molar-refractivity contribution >= 4 is 51.6 Å². The number of thiazole rings is 1. The Balaban J connectivity index is 1.65. The number of nitrogens with zero attached hydrogens (tertiary/aromatic N) is 4. The highest BCUT2D eigenvalue weighted by atomic mass is 35.5. The summed E-state index contributed by atoms with van der Waals surface area (Å²) >= 11 is 8.51. The maximum Gasteiger partial charge on any atom is 0.251 e. The van der Waals surface area contributed by atoms with Crippen molar-refractivity contribution in [1.82, 2.24) is 25.1 Å². The highest BCUT2D eigenvalue weighted by Gasteiger charge is 2.20. The number of allylic oxidation sites excluding steroid dienone is 1. The van der Waals surface area contributed by atoms with Crippen LogP contribution in [0.3, 0.4) is 0 Å². The van der Waals surface area contributed by atoms with Gasteiger partial charge in [-0.25, -0.2) is 4.98 Å². The molecule has 8 nitrogen and oxygen atoms in total. The van der Waals surface area contributed by atoms with Crippen LogP contribution >= 0.6 is 34.7 Å². The highest BCUT2D eigenvalue weighted by Crippen LogP contribution is 2.22. The Kier molecular flexibility index (Phi) is 7.83. The van der Waals surface area contributed by atoms with E-state index >= 15 is 0 Å². The molecule has 2 amide bonds. The van der Waals surface area contributed by atoms with Crippen LogP contribution in [0.15, 0.2) is 47.5 Å². The van der Waals surface area contributed by atoms with E-state index in [1.807, 2.05) is 23.8 Å². The van der Waals surface area contributed by atoms with E-state index in [4.69, 9.17) is 11.6 Å². The zero-order chi connectivity index (χ0) is 22.4. The Bertz CT molecular complexity index is 1080. The van der Waals surface area contributed by atoms with Gasteiger partial charge in [-0.3, -0.25) is 9.59 Å². The molecular weight excluding hydrogens is 456 g/mol. The van der Waals surface area contributed by atoms with E-state index in [-0.39, 0.29) is 17.6 Å². The van der Waals surface area contributed by atoms with Crippen LogP contribution in [0.4, 0.5) is 5.13 Å². The Morgan fingerprint density at radius 2 is 2.06 bits per heavy atom. The van der Waals surface area contributed by atoms with Gasteiger partial charge < -0.3 is 15.2 Å². The van der Waals surface area contributed by atoms with E-state index in [2.05, 4.69) is 32.4 Å². The van der Waals surface area contributed by atoms with Crippen LogP contribution in [0.5, 0.6) is 0 Å². The summed E-state index contributed by atoms with van der Waals surface area (Å²) in [6.07, 6.45) is 1.71. The monoisotopic (exact) mass is 476 g/mol. The molecule has 1 atom stereocenters. The number of carbonyl (C=O) groups excluding carboxylic acids is 2. The molecule has 0 unspecified atom stereocenters. The fraction of sp³-hybridized carbons (Fsp3) is 0.250. The highest BCUT2D eigenvalue weighted by molar-refractivity contribution is 7.99. The normalized spacial score (nSPS) is 11.7. The van der Waals surface area contributed by atoms with Gasteiger partial charge in [0.1, 0.15) is 0 Å². The molecule has 0 radical (unpaired) electrons. The maximum absolute atomic E-state index is 12.5. The van der Waals surface area contributed by atoms with Gasteiger partial charge in [0.25, 0.3) is 5.91 Å². The second-order valence-electron chi connectivity index (χ2n) is 6.57. The molecule has 0 aliphatic carbocycles. The molecule has 0 saturated heterocycles. The van der Waals surface area contributed by atoms with E-state index in [1.165, 1.54) is 23.1 Å². The summed E-state index contributed by atoms with van der Waals surface area (Å²) in [5, 5.41) is 17.7. The minimum absolute atomic E-state index is 0.152. The van der Waals surface area contributed by atoms with Crippen LogP contribution in [-0.4, -0.2) is 37.3 Å². The third kappa shape index (κ3) is 6.16. The van der Waals surface area contributed by atoms with Crippen molar-refractivity contribution in [2.24, 2.45) is 0 Å². The van der Waals surface area contributed by atoms with Gasteiger partial charge in [-0.05, 0) is 38.1 Å². The molecular formula is C20H21ClN6O2S2. The summed E-state index contributed by atoms with van der Waals surface area (Å²) in [5.41, 5.74) is 1.35. The van der Waals surface area contributed by atoms with Crippen LogP contribution in [0.2, 0.25) is 5.02 Å². The zero-order valence-electron chi connectivity index (χ0n) is 17.0. The first-order chi connectivity index (χ1) is 14.9. The van der Waals surface area contributed by atoms with Gasteiger partial charge in [0.2, 0.25) is 5.91 Å². The molecule has 31 heavy (non-hydrogen) atoms. The second-order valence-corrected chi connectivity index (χ2v) is 8.81. The first-order valence-corrected chi connectivity index (χ1v) is 11.6. The summed E-state index contributed by atoms with van der Waals surface area (Å²) < 4.78 is 1.82. The number of rotatable bonds is 9. The lowest BCUT2D eigenvalue weighted by molar-refractivity contribution is -0.113. The third-order valence-electron chi connectivity index (χ3n) is 4.10. The van der Waals surface area contributed by atoms with Crippen molar-refractivity contribution < 1.29 is 9.59 Å². The van der Waals surface area contributed by atoms with Crippen LogP contribution in [0, 0.1) is 6.92 Å². The van der Waals surface area contributed by atoms with E-state index in [1.54, 1.807) is 30.3 Å². The Morgan fingerprint density at radius 3 is 2.71 bits per heavy atom. The number of hydrogen-bond donors (Lipinski definition) is 2. The molecule has 162 valence electrons. The number of hydrogen-bond acceptors (Lipinski definition) is 7. The second kappa shape index (κ2) is 10.6. The fourth-order valence-electron chi connectivity index (χ4n) is 2.67. The minimum Gasteiger partial charge on any atom is -0.342 e. The lowest BCUT2D eigenvalue weighted by Gasteiger charge is -2.15. The number of benzene rings is 1. The molecule has 2 aromatic heterocycles. The molecule has 2 N–H and O–H groups in total. The number of aromatic nitrogens is 4. The van der Waals surface area contributed by atoms with Crippen LogP contribution < -0.4 is 10.6 Å². The molecule has 0 aliphatic rings. The minimum atomic E-state index is -0.405. The van der Waals surface area contributed by atoms with Gasteiger partial charge >= 0.3 is 0 Å². The lowest BCUT2D eigenvalue weighted by Crippen LogP contribution is -2.28. The fourth-order valence-corrected chi connectivity index (χ4v) is 4.26.